The zero-order chi connectivity index (χ0) is 12.5. The smallest absolute Gasteiger partial charge is 0.129 e. The standard InChI is InChI=1S/C13H20N4/c1-13(2)5-3-7-17(9-13)11-8-10(12(14)15)4-6-16-11/h4,6,8H,3,5,7,9H2,1-2H3,(H3,14,15). The average molecular weight is 232 g/mol. The Labute approximate surface area is 102 Å². The fourth-order valence-corrected chi connectivity index (χ4v) is 2.38. The molecule has 0 spiro atoms. The summed E-state index contributed by atoms with van der Waals surface area (Å²) in [6.07, 6.45) is 4.18. The van der Waals surface area contributed by atoms with E-state index in [0.29, 0.717) is 5.41 Å². The Hall–Kier alpha value is -1.58. The molecule has 1 aliphatic heterocycles. The molecule has 0 radical (unpaired) electrons. The van der Waals surface area contributed by atoms with Gasteiger partial charge in [-0.1, -0.05) is 13.8 Å². The summed E-state index contributed by atoms with van der Waals surface area (Å²) < 4.78 is 0. The van der Waals surface area contributed by atoms with E-state index in [1.165, 1.54) is 12.8 Å². The van der Waals surface area contributed by atoms with Crippen LogP contribution in [0.1, 0.15) is 32.3 Å². The van der Waals surface area contributed by atoms with E-state index in [1.807, 2.05) is 6.07 Å². The van der Waals surface area contributed by atoms with Crippen LogP contribution >= 0.6 is 0 Å². The summed E-state index contributed by atoms with van der Waals surface area (Å²) in [7, 11) is 0. The minimum Gasteiger partial charge on any atom is -0.384 e. The minimum atomic E-state index is 0.102. The fraction of sp³-hybridized carbons (Fsp3) is 0.538. The van der Waals surface area contributed by atoms with Gasteiger partial charge in [0.2, 0.25) is 0 Å². The van der Waals surface area contributed by atoms with Crippen molar-refractivity contribution in [1.82, 2.24) is 4.98 Å². The van der Waals surface area contributed by atoms with Crippen molar-refractivity contribution >= 4 is 11.7 Å². The second-order valence-electron chi connectivity index (χ2n) is 5.51. The van der Waals surface area contributed by atoms with Crippen LogP contribution in [-0.4, -0.2) is 23.9 Å². The second kappa shape index (κ2) is 4.35. The topological polar surface area (TPSA) is 66.0 Å². The van der Waals surface area contributed by atoms with Crippen LogP contribution in [0.3, 0.4) is 0 Å². The molecule has 0 aromatic carbocycles. The van der Waals surface area contributed by atoms with E-state index in [1.54, 1.807) is 12.3 Å². The Kier molecular flexibility index (Phi) is 3.05. The molecule has 1 aliphatic rings. The van der Waals surface area contributed by atoms with Crippen molar-refractivity contribution in [2.45, 2.75) is 26.7 Å². The lowest BCUT2D eigenvalue weighted by molar-refractivity contribution is 0.292. The molecule has 17 heavy (non-hydrogen) atoms. The van der Waals surface area contributed by atoms with Crippen LogP contribution in [-0.2, 0) is 0 Å². The van der Waals surface area contributed by atoms with Gasteiger partial charge in [0.1, 0.15) is 11.7 Å². The first-order chi connectivity index (χ1) is 7.98. The number of anilines is 1. The highest BCUT2D eigenvalue weighted by Gasteiger charge is 2.27. The van der Waals surface area contributed by atoms with E-state index in [0.717, 1.165) is 24.5 Å². The Morgan fingerprint density at radius 1 is 1.53 bits per heavy atom. The van der Waals surface area contributed by atoms with Gasteiger partial charge in [-0.2, -0.15) is 0 Å². The highest BCUT2D eigenvalue weighted by molar-refractivity contribution is 5.95. The van der Waals surface area contributed by atoms with E-state index in [4.69, 9.17) is 11.1 Å². The highest BCUT2D eigenvalue weighted by atomic mass is 15.2. The zero-order valence-electron chi connectivity index (χ0n) is 10.5. The monoisotopic (exact) mass is 232 g/mol. The third-order valence-corrected chi connectivity index (χ3v) is 3.28. The number of amidine groups is 1. The molecule has 1 aromatic rings. The molecule has 0 unspecified atom stereocenters. The third kappa shape index (κ3) is 2.75. The van der Waals surface area contributed by atoms with Crippen LogP contribution in [0.15, 0.2) is 18.3 Å². The molecular weight excluding hydrogens is 212 g/mol. The van der Waals surface area contributed by atoms with Gasteiger partial charge in [-0.25, -0.2) is 4.98 Å². The van der Waals surface area contributed by atoms with Gasteiger partial charge >= 0.3 is 0 Å². The van der Waals surface area contributed by atoms with Crippen molar-refractivity contribution in [2.24, 2.45) is 11.1 Å². The lowest BCUT2D eigenvalue weighted by Crippen LogP contribution is -2.40. The maximum absolute atomic E-state index is 7.46. The first-order valence-corrected chi connectivity index (χ1v) is 6.03. The molecule has 4 nitrogen and oxygen atoms in total. The Morgan fingerprint density at radius 2 is 2.29 bits per heavy atom. The molecule has 3 N–H and O–H groups in total. The molecule has 0 atom stereocenters. The number of rotatable bonds is 2. The minimum absolute atomic E-state index is 0.102. The van der Waals surface area contributed by atoms with Crippen LogP contribution in [0.25, 0.3) is 0 Å². The number of nitrogens with one attached hydrogen (secondary N) is 1. The Bertz CT molecular complexity index is 425. The second-order valence-corrected chi connectivity index (χ2v) is 5.51. The van der Waals surface area contributed by atoms with Crippen LogP contribution < -0.4 is 10.6 Å². The van der Waals surface area contributed by atoms with E-state index in [2.05, 4.69) is 23.7 Å². The lowest BCUT2D eigenvalue weighted by Gasteiger charge is -2.38. The van der Waals surface area contributed by atoms with Crippen molar-refractivity contribution in [1.29, 1.82) is 5.41 Å². The average Bonchev–Trinajstić information content (AvgIpc) is 2.28. The molecule has 0 saturated carbocycles. The van der Waals surface area contributed by atoms with Gasteiger partial charge in [-0.05, 0) is 30.4 Å². The molecule has 4 heteroatoms. The van der Waals surface area contributed by atoms with Crippen molar-refractivity contribution in [2.75, 3.05) is 18.0 Å². The fourth-order valence-electron chi connectivity index (χ4n) is 2.38. The van der Waals surface area contributed by atoms with E-state index in [-0.39, 0.29) is 5.84 Å². The predicted molar refractivity (Wildman–Crippen MR) is 70.5 cm³/mol. The first kappa shape index (κ1) is 11.9. The van der Waals surface area contributed by atoms with Crippen LogP contribution in [0.5, 0.6) is 0 Å². The summed E-state index contributed by atoms with van der Waals surface area (Å²) in [5.41, 5.74) is 6.59. The number of aromatic nitrogens is 1. The molecule has 0 aliphatic carbocycles. The van der Waals surface area contributed by atoms with Crippen molar-refractivity contribution in [3.8, 4) is 0 Å². The van der Waals surface area contributed by atoms with Crippen LogP contribution in [0, 0.1) is 10.8 Å². The van der Waals surface area contributed by atoms with Gasteiger partial charge in [0.25, 0.3) is 0 Å². The van der Waals surface area contributed by atoms with Crippen LogP contribution in [0.2, 0.25) is 0 Å². The highest BCUT2D eigenvalue weighted by Crippen LogP contribution is 2.30. The van der Waals surface area contributed by atoms with Gasteiger partial charge in [0.15, 0.2) is 0 Å². The van der Waals surface area contributed by atoms with Crippen LogP contribution in [0.4, 0.5) is 5.82 Å². The van der Waals surface area contributed by atoms with Gasteiger partial charge in [0, 0.05) is 24.8 Å². The zero-order valence-corrected chi connectivity index (χ0v) is 10.5. The number of piperidine rings is 1. The summed E-state index contributed by atoms with van der Waals surface area (Å²) >= 11 is 0. The number of hydrogen-bond acceptors (Lipinski definition) is 3. The van der Waals surface area contributed by atoms with E-state index in [9.17, 15) is 0 Å². The number of nitrogens with two attached hydrogens (primary N) is 1. The SMILES string of the molecule is CC1(C)CCCN(c2cc(C(=N)N)ccn2)C1. The van der Waals surface area contributed by atoms with Gasteiger partial charge < -0.3 is 10.6 Å². The summed E-state index contributed by atoms with van der Waals surface area (Å²) in [4.78, 5) is 6.67. The number of hydrogen-bond donors (Lipinski definition) is 2. The number of nitrogens with zero attached hydrogens (tertiary/aromatic N) is 2. The summed E-state index contributed by atoms with van der Waals surface area (Å²) in [6, 6.07) is 3.69. The molecule has 1 saturated heterocycles. The molecule has 1 aromatic heterocycles. The predicted octanol–water partition coefficient (Wildman–Crippen LogP) is 1.99. The molecular formula is C13H20N4. The quantitative estimate of drug-likeness (QED) is 0.605. The largest absolute Gasteiger partial charge is 0.384 e. The van der Waals surface area contributed by atoms with Gasteiger partial charge in [-0.3, -0.25) is 5.41 Å². The maximum atomic E-state index is 7.46. The molecule has 0 amide bonds. The molecule has 2 rings (SSSR count). The molecule has 92 valence electrons. The number of nitrogen functional groups attached to an aromatic ring is 1. The molecule has 1 fully saturated rings. The molecule has 0 bridgehead atoms. The van der Waals surface area contributed by atoms with Gasteiger partial charge in [0.05, 0.1) is 0 Å². The Balaban J connectivity index is 2.22. The third-order valence-electron chi connectivity index (χ3n) is 3.28. The maximum Gasteiger partial charge on any atom is 0.129 e. The number of pyridine rings is 1. The van der Waals surface area contributed by atoms with Crippen molar-refractivity contribution < 1.29 is 0 Å². The summed E-state index contributed by atoms with van der Waals surface area (Å²) in [6.45, 7) is 6.63. The summed E-state index contributed by atoms with van der Waals surface area (Å²) in [5.74, 6) is 1.04. The Morgan fingerprint density at radius 3 is 2.94 bits per heavy atom. The van der Waals surface area contributed by atoms with Crippen molar-refractivity contribution in [3.05, 3.63) is 23.9 Å². The van der Waals surface area contributed by atoms with E-state index >= 15 is 0 Å². The normalized spacial score (nSPS) is 19.1. The van der Waals surface area contributed by atoms with Crippen molar-refractivity contribution in [3.63, 3.8) is 0 Å². The van der Waals surface area contributed by atoms with E-state index < -0.39 is 0 Å². The lowest BCUT2D eigenvalue weighted by atomic mass is 9.84. The summed E-state index contributed by atoms with van der Waals surface area (Å²) in [5, 5.41) is 7.46. The molecule has 2 heterocycles. The van der Waals surface area contributed by atoms with Gasteiger partial charge in [-0.15, -0.1) is 0 Å². The first-order valence-electron chi connectivity index (χ1n) is 6.03.